The van der Waals surface area contributed by atoms with Gasteiger partial charge >= 0.3 is 6.18 Å². The zero-order valence-corrected chi connectivity index (χ0v) is 14.7. The molecule has 0 aliphatic heterocycles. The third kappa shape index (κ3) is 4.18. The summed E-state index contributed by atoms with van der Waals surface area (Å²) in [5, 5.41) is 19.9. The number of hydrogen-bond donors (Lipinski definition) is 2. The minimum atomic E-state index is -5.10. The molecular weight excluding hydrogens is 387 g/mol. The molecule has 2 aromatic rings. The van der Waals surface area contributed by atoms with Gasteiger partial charge in [0.25, 0.3) is 5.91 Å². The summed E-state index contributed by atoms with van der Waals surface area (Å²) >= 11 is 8.64. The van der Waals surface area contributed by atoms with Crippen LogP contribution in [0, 0.1) is 6.92 Å². The molecule has 1 aromatic heterocycles. The van der Waals surface area contributed by atoms with E-state index in [0.717, 1.165) is 5.01 Å². The van der Waals surface area contributed by atoms with Crippen molar-refractivity contribution in [2.24, 2.45) is 0 Å². The van der Waals surface area contributed by atoms with Gasteiger partial charge in [0.1, 0.15) is 5.01 Å². The number of anilines is 1. The second-order valence-electron chi connectivity index (χ2n) is 4.85. The van der Waals surface area contributed by atoms with E-state index in [4.69, 9.17) is 11.6 Å². The molecule has 0 unspecified atom stereocenters. The van der Waals surface area contributed by atoms with E-state index in [0.29, 0.717) is 16.2 Å². The molecule has 2 N–H and O–H groups in total. The molecule has 130 valence electrons. The van der Waals surface area contributed by atoms with E-state index in [1.807, 2.05) is 5.32 Å². The Labute approximate surface area is 148 Å². The van der Waals surface area contributed by atoms with Gasteiger partial charge in [-0.3, -0.25) is 4.79 Å². The minimum Gasteiger partial charge on any atom is -0.373 e. The largest absolute Gasteiger partial charge is 0.426 e. The van der Waals surface area contributed by atoms with Gasteiger partial charge in [0.15, 0.2) is 4.34 Å². The van der Waals surface area contributed by atoms with Crippen molar-refractivity contribution in [3.05, 3.63) is 28.2 Å². The summed E-state index contributed by atoms with van der Waals surface area (Å²) in [6, 6.07) is 4.38. The summed E-state index contributed by atoms with van der Waals surface area (Å²) in [6.45, 7) is 2.18. The van der Waals surface area contributed by atoms with Crippen molar-refractivity contribution in [1.82, 2.24) is 10.2 Å². The first kappa shape index (κ1) is 19.0. The summed E-state index contributed by atoms with van der Waals surface area (Å²) < 4.78 is 38.6. The average molecular weight is 398 g/mol. The summed E-state index contributed by atoms with van der Waals surface area (Å²) in [5.74, 6) is -1.61. The molecule has 1 amide bonds. The van der Waals surface area contributed by atoms with Crippen LogP contribution in [0.4, 0.5) is 18.9 Å². The zero-order chi connectivity index (χ0) is 18.1. The van der Waals surface area contributed by atoms with Crippen LogP contribution < -0.4 is 5.32 Å². The van der Waals surface area contributed by atoms with Crippen LogP contribution in [0.2, 0.25) is 5.02 Å². The van der Waals surface area contributed by atoms with Crippen LogP contribution in [0.1, 0.15) is 11.9 Å². The first-order chi connectivity index (χ1) is 11.0. The number of hydrogen-bond acceptors (Lipinski definition) is 6. The summed E-state index contributed by atoms with van der Waals surface area (Å²) in [5.41, 5.74) is -3.56. The molecule has 0 saturated heterocycles. The Balaban J connectivity index is 2.14. The van der Waals surface area contributed by atoms with Crippen LogP contribution in [0.5, 0.6) is 0 Å². The van der Waals surface area contributed by atoms with Crippen molar-refractivity contribution >= 4 is 46.3 Å². The van der Waals surface area contributed by atoms with E-state index in [-0.39, 0.29) is 10.7 Å². The lowest BCUT2D eigenvalue weighted by Crippen LogP contribution is -2.52. The number of benzene rings is 1. The van der Waals surface area contributed by atoms with Gasteiger partial charge in [0, 0.05) is 4.90 Å². The number of aliphatic hydroxyl groups is 1. The fourth-order valence-corrected chi connectivity index (χ4v) is 3.58. The molecule has 1 atom stereocenters. The Morgan fingerprint density at radius 3 is 2.54 bits per heavy atom. The number of alkyl halides is 3. The number of carbonyl (C=O) groups is 1. The van der Waals surface area contributed by atoms with Gasteiger partial charge in [-0.2, -0.15) is 13.2 Å². The molecule has 1 heterocycles. The number of nitrogens with zero attached hydrogens (tertiary/aromatic N) is 2. The van der Waals surface area contributed by atoms with Crippen LogP contribution in [0.3, 0.4) is 0 Å². The van der Waals surface area contributed by atoms with E-state index in [9.17, 15) is 23.1 Å². The van der Waals surface area contributed by atoms with Gasteiger partial charge in [-0.05, 0) is 32.0 Å². The van der Waals surface area contributed by atoms with Gasteiger partial charge in [-0.15, -0.1) is 10.2 Å². The molecule has 1 aromatic carbocycles. The summed E-state index contributed by atoms with van der Waals surface area (Å²) in [6.07, 6.45) is -5.10. The monoisotopic (exact) mass is 397 g/mol. The maximum absolute atomic E-state index is 12.6. The van der Waals surface area contributed by atoms with Crippen LogP contribution in [0.25, 0.3) is 0 Å². The fourth-order valence-electron chi connectivity index (χ4n) is 1.45. The van der Waals surface area contributed by atoms with E-state index in [1.165, 1.54) is 35.2 Å². The number of halogens is 4. The molecule has 0 radical (unpaired) electrons. The molecule has 5 nitrogen and oxygen atoms in total. The van der Waals surface area contributed by atoms with Gasteiger partial charge in [0.05, 0.1) is 10.7 Å². The second kappa shape index (κ2) is 6.87. The predicted molar refractivity (Wildman–Crippen MR) is 85.5 cm³/mol. The average Bonchev–Trinajstić information content (AvgIpc) is 2.85. The summed E-state index contributed by atoms with van der Waals surface area (Å²) in [7, 11) is 0. The number of aromatic nitrogens is 2. The highest BCUT2D eigenvalue weighted by molar-refractivity contribution is 8.01. The van der Waals surface area contributed by atoms with Crippen molar-refractivity contribution < 1.29 is 23.1 Å². The summed E-state index contributed by atoms with van der Waals surface area (Å²) in [4.78, 5) is 12.3. The number of nitrogens with one attached hydrogen (secondary N) is 1. The number of aryl methyl sites for hydroxylation is 1. The lowest BCUT2D eigenvalue weighted by Gasteiger charge is -2.25. The maximum atomic E-state index is 12.6. The van der Waals surface area contributed by atoms with Gasteiger partial charge in [0.2, 0.25) is 5.60 Å². The maximum Gasteiger partial charge on any atom is 0.426 e. The Kier molecular flexibility index (Phi) is 5.43. The zero-order valence-electron chi connectivity index (χ0n) is 12.3. The SMILES string of the molecule is Cc1nnc(Sc2ccc(NC(=O)[C@@](C)(O)C(F)(F)F)c(Cl)c2)s1. The highest BCUT2D eigenvalue weighted by Gasteiger charge is 2.55. The van der Waals surface area contributed by atoms with Crippen molar-refractivity contribution in [3.8, 4) is 0 Å². The van der Waals surface area contributed by atoms with Crippen molar-refractivity contribution in [2.75, 3.05) is 5.32 Å². The fraction of sp³-hybridized carbons (Fsp3) is 0.308. The van der Waals surface area contributed by atoms with Crippen LogP contribution >= 0.6 is 34.7 Å². The molecule has 0 spiro atoms. The van der Waals surface area contributed by atoms with Gasteiger partial charge < -0.3 is 10.4 Å². The Hall–Kier alpha value is -1.36. The minimum absolute atomic E-state index is 0.0348. The number of carbonyl (C=O) groups excluding carboxylic acids is 1. The Bertz CT molecular complexity index is 765. The third-order valence-corrected chi connectivity index (χ3v) is 5.09. The molecule has 0 bridgehead atoms. The quantitative estimate of drug-likeness (QED) is 0.818. The van der Waals surface area contributed by atoms with Crippen LogP contribution in [0.15, 0.2) is 27.4 Å². The van der Waals surface area contributed by atoms with Crippen molar-refractivity contribution in [2.45, 2.75) is 34.9 Å². The molecule has 2 rings (SSSR count). The van der Waals surface area contributed by atoms with E-state index < -0.39 is 17.7 Å². The third-order valence-electron chi connectivity index (χ3n) is 2.90. The molecule has 0 aliphatic rings. The van der Waals surface area contributed by atoms with E-state index >= 15 is 0 Å². The van der Waals surface area contributed by atoms with E-state index in [2.05, 4.69) is 10.2 Å². The first-order valence-corrected chi connectivity index (χ1v) is 8.40. The normalized spacial score (nSPS) is 14.3. The second-order valence-corrected chi connectivity index (χ2v) is 7.76. The van der Waals surface area contributed by atoms with E-state index in [1.54, 1.807) is 13.0 Å². The lowest BCUT2D eigenvalue weighted by molar-refractivity contribution is -0.242. The first-order valence-electron chi connectivity index (χ1n) is 6.39. The van der Waals surface area contributed by atoms with Crippen molar-refractivity contribution in [1.29, 1.82) is 0 Å². The van der Waals surface area contributed by atoms with Gasteiger partial charge in [-0.25, -0.2) is 0 Å². The highest BCUT2D eigenvalue weighted by atomic mass is 35.5. The van der Waals surface area contributed by atoms with Gasteiger partial charge in [-0.1, -0.05) is 34.7 Å². The number of rotatable bonds is 4. The highest BCUT2D eigenvalue weighted by Crippen LogP contribution is 2.35. The molecule has 0 aliphatic carbocycles. The molecule has 0 fully saturated rings. The molecular formula is C13H11ClF3N3O2S2. The molecule has 11 heteroatoms. The van der Waals surface area contributed by atoms with Crippen LogP contribution in [-0.2, 0) is 4.79 Å². The topological polar surface area (TPSA) is 75.1 Å². The molecule has 0 saturated carbocycles. The lowest BCUT2D eigenvalue weighted by atomic mass is 10.1. The Morgan fingerprint density at radius 1 is 1.38 bits per heavy atom. The van der Waals surface area contributed by atoms with Crippen LogP contribution in [-0.4, -0.2) is 33.0 Å². The standard InChI is InChI=1S/C13H11ClF3N3O2S2/c1-6-19-20-11(23-6)24-7-3-4-9(8(14)5-7)18-10(21)12(2,22)13(15,16)17/h3-5,22H,1-2H3,(H,18,21)/t12-/m1/s1. The van der Waals surface area contributed by atoms with Crippen molar-refractivity contribution in [3.63, 3.8) is 0 Å². The predicted octanol–water partition coefficient (Wildman–Crippen LogP) is 3.90. The smallest absolute Gasteiger partial charge is 0.373 e. The Morgan fingerprint density at radius 2 is 2.04 bits per heavy atom. The molecule has 24 heavy (non-hydrogen) atoms. The number of amides is 1.